The van der Waals surface area contributed by atoms with Crippen molar-refractivity contribution in [2.75, 3.05) is 11.9 Å². The normalized spacial score (nSPS) is 11.1. The first-order chi connectivity index (χ1) is 17.1. The van der Waals surface area contributed by atoms with Crippen LogP contribution in [0, 0.1) is 11.3 Å². The molecule has 0 radical (unpaired) electrons. The van der Waals surface area contributed by atoms with Crippen LogP contribution in [-0.2, 0) is 11.4 Å². The summed E-state index contributed by atoms with van der Waals surface area (Å²) in [5, 5.41) is 14.6. The van der Waals surface area contributed by atoms with Crippen LogP contribution in [0.25, 0.3) is 16.8 Å². The molecule has 4 rings (SSSR count). The number of hydrogen-bond acceptors (Lipinski definition) is 4. The number of benzene rings is 4. The van der Waals surface area contributed by atoms with E-state index in [-0.39, 0.29) is 5.57 Å². The van der Waals surface area contributed by atoms with E-state index in [2.05, 4.69) is 39.4 Å². The van der Waals surface area contributed by atoms with Gasteiger partial charge in [0, 0.05) is 10.2 Å². The van der Waals surface area contributed by atoms with E-state index in [1.165, 1.54) is 6.08 Å². The molecule has 0 aromatic heterocycles. The number of nitrogens with zero attached hydrogens (tertiary/aromatic N) is 1. The fourth-order valence-electron chi connectivity index (χ4n) is 3.64. The summed E-state index contributed by atoms with van der Waals surface area (Å²) >= 11 is 3.55. The lowest BCUT2D eigenvalue weighted by molar-refractivity contribution is -0.112. The number of anilines is 1. The van der Waals surface area contributed by atoms with Crippen LogP contribution in [0.5, 0.6) is 11.5 Å². The van der Waals surface area contributed by atoms with Gasteiger partial charge in [0.1, 0.15) is 18.2 Å². The van der Waals surface area contributed by atoms with Crippen LogP contribution >= 0.6 is 15.9 Å². The molecule has 1 N–H and O–H groups in total. The van der Waals surface area contributed by atoms with Gasteiger partial charge in [-0.05, 0) is 59.2 Å². The van der Waals surface area contributed by atoms with Crippen LogP contribution in [-0.4, -0.2) is 12.5 Å². The lowest BCUT2D eigenvalue weighted by Crippen LogP contribution is -2.13. The molecule has 0 bridgehead atoms. The molecule has 0 saturated carbocycles. The predicted molar refractivity (Wildman–Crippen MR) is 142 cm³/mol. The Hall–Kier alpha value is -4.08. The molecule has 0 atom stereocenters. The second kappa shape index (κ2) is 11.4. The summed E-state index contributed by atoms with van der Waals surface area (Å²) in [4.78, 5) is 12.6. The van der Waals surface area contributed by atoms with Crippen molar-refractivity contribution < 1.29 is 14.3 Å². The summed E-state index contributed by atoms with van der Waals surface area (Å²) in [5.74, 6) is 0.610. The Balaban J connectivity index is 1.59. The smallest absolute Gasteiger partial charge is 0.266 e. The molecule has 174 valence electrons. The third-order valence-electron chi connectivity index (χ3n) is 5.32. The molecule has 4 aromatic carbocycles. The second-order valence-corrected chi connectivity index (χ2v) is 8.52. The average Bonchev–Trinajstić information content (AvgIpc) is 2.88. The van der Waals surface area contributed by atoms with Gasteiger partial charge in [0.15, 0.2) is 11.5 Å². The summed E-state index contributed by atoms with van der Waals surface area (Å²) in [6.07, 6.45) is 1.53. The van der Waals surface area contributed by atoms with Gasteiger partial charge in [0.25, 0.3) is 5.91 Å². The molecule has 0 unspecified atom stereocenters. The van der Waals surface area contributed by atoms with E-state index in [0.29, 0.717) is 40.4 Å². The Kier molecular flexibility index (Phi) is 7.81. The van der Waals surface area contributed by atoms with Crippen molar-refractivity contribution in [2.45, 2.75) is 13.5 Å². The minimum atomic E-state index is -0.486. The number of carbonyl (C=O) groups excluding carboxylic acids is 1. The van der Waals surface area contributed by atoms with Gasteiger partial charge in [-0.15, -0.1) is 0 Å². The molecular formula is C29H23BrN2O3. The largest absolute Gasteiger partial charge is 0.490 e. The monoisotopic (exact) mass is 526 g/mol. The number of amides is 1. The molecule has 0 fully saturated rings. The van der Waals surface area contributed by atoms with Crippen molar-refractivity contribution in [3.63, 3.8) is 0 Å². The molecule has 0 saturated heterocycles. The fraction of sp³-hybridized carbons (Fsp3) is 0.103. The highest BCUT2D eigenvalue weighted by molar-refractivity contribution is 9.10. The molecule has 35 heavy (non-hydrogen) atoms. The Morgan fingerprint density at radius 3 is 2.46 bits per heavy atom. The number of halogens is 1. The van der Waals surface area contributed by atoms with Gasteiger partial charge in [-0.1, -0.05) is 76.6 Å². The highest BCUT2D eigenvalue weighted by Crippen LogP contribution is 2.36. The number of hydrogen-bond donors (Lipinski definition) is 1. The van der Waals surface area contributed by atoms with Crippen molar-refractivity contribution in [1.29, 1.82) is 5.26 Å². The van der Waals surface area contributed by atoms with Crippen molar-refractivity contribution in [3.05, 3.63) is 106 Å². The molecule has 4 aromatic rings. The molecule has 6 heteroatoms. The third-order valence-corrected chi connectivity index (χ3v) is 6.01. The van der Waals surface area contributed by atoms with E-state index in [9.17, 15) is 10.1 Å². The van der Waals surface area contributed by atoms with Gasteiger partial charge in [-0.2, -0.15) is 5.26 Å². The molecule has 0 aliphatic rings. The number of para-hydroxylation sites is 1. The number of carbonyl (C=O) groups is 1. The van der Waals surface area contributed by atoms with E-state index in [4.69, 9.17) is 9.47 Å². The van der Waals surface area contributed by atoms with Crippen molar-refractivity contribution in [3.8, 4) is 17.6 Å². The van der Waals surface area contributed by atoms with E-state index < -0.39 is 5.91 Å². The Labute approximate surface area is 212 Å². The number of rotatable bonds is 8. The second-order valence-electron chi connectivity index (χ2n) is 7.67. The van der Waals surface area contributed by atoms with Crippen LogP contribution in [0.2, 0.25) is 0 Å². The fourth-order valence-corrected chi connectivity index (χ4v) is 4.08. The van der Waals surface area contributed by atoms with Gasteiger partial charge >= 0.3 is 0 Å². The maximum atomic E-state index is 12.6. The van der Waals surface area contributed by atoms with Gasteiger partial charge in [0.05, 0.1) is 6.61 Å². The van der Waals surface area contributed by atoms with Crippen molar-refractivity contribution in [2.24, 2.45) is 0 Å². The summed E-state index contributed by atoms with van der Waals surface area (Å²) in [7, 11) is 0. The van der Waals surface area contributed by atoms with Gasteiger partial charge in [-0.25, -0.2) is 0 Å². The number of ether oxygens (including phenoxy) is 2. The highest BCUT2D eigenvalue weighted by atomic mass is 79.9. The van der Waals surface area contributed by atoms with Crippen LogP contribution in [0.1, 0.15) is 18.1 Å². The van der Waals surface area contributed by atoms with Gasteiger partial charge in [-0.3, -0.25) is 4.79 Å². The maximum Gasteiger partial charge on any atom is 0.266 e. The SMILES string of the molecule is CCOc1cc(/C=C(\C#N)C(=O)Nc2ccccc2)c(Br)cc1OCc1cccc2ccccc12. The molecule has 0 aliphatic carbocycles. The first-order valence-corrected chi connectivity index (χ1v) is 11.9. The van der Waals surface area contributed by atoms with Crippen LogP contribution in [0.15, 0.2) is 95.0 Å². The Morgan fingerprint density at radius 2 is 1.69 bits per heavy atom. The summed E-state index contributed by atoms with van der Waals surface area (Å²) in [6.45, 7) is 2.70. The zero-order chi connectivity index (χ0) is 24.6. The lowest BCUT2D eigenvalue weighted by Gasteiger charge is -2.15. The quantitative estimate of drug-likeness (QED) is 0.196. The summed E-state index contributed by atoms with van der Waals surface area (Å²) in [5.41, 5.74) is 2.28. The molecule has 0 spiro atoms. The zero-order valence-electron chi connectivity index (χ0n) is 19.1. The van der Waals surface area contributed by atoms with Gasteiger partial charge < -0.3 is 14.8 Å². The molecule has 5 nitrogen and oxygen atoms in total. The average molecular weight is 527 g/mol. The Morgan fingerprint density at radius 1 is 0.971 bits per heavy atom. The van der Waals surface area contributed by atoms with E-state index >= 15 is 0 Å². The van der Waals surface area contributed by atoms with E-state index in [0.717, 1.165) is 16.3 Å². The minimum absolute atomic E-state index is 0.0265. The van der Waals surface area contributed by atoms with Crippen LogP contribution < -0.4 is 14.8 Å². The number of nitrogens with one attached hydrogen (secondary N) is 1. The van der Waals surface area contributed by atoms with E-state index in [1.807, 2.05) is 55.5 Å². The topological polar surface area (TPSA) is 71.3 Å². The predicted octanol–water partition coefficient (Wildman–Crippen LogP) is 7.13. The summed E-state index contributed by atoms with van der Waals surface area (Å²) < 4.78 is 12.7. The number of fused-ring (bicyclic) bond motifs is 1. The molecule has 0 heterocycles. The minimum Gasteiger partial charge on any atom is -0.490 e. The van der Waals surface area contributed by atoms with Crippen molar-refractivity contribution in [1.82, 2.24) is 0 Å². The number of nitriles is 1. The summed E-state index contributed by atoms with van der Waals surface area (Å²) in [6, 6.07) is 28.8. The van der Waals surface area contributed by atoms with E-state index in [1.54, 1.807) is 24.3 Å². The highest BCUT2D eigenvalue weighted by Gasteiger charge is 2.15. The van der Waals surface area contributed by atoms with Gasteiger partial charge in [0.2, 0.25) is 0 Å². The zero-order valence-corrected chi connectivity index (χ0v) is 20.7. The van der Waals surface area contributed by atoms with Crippen LogP contribution in [0.3, 0.4) is 0 Å². The van der Waals surface area contributed by atoms with Crippen molar-refractivity contribution >= 4 is 44.4 Å². The molecule has 1 amide bonds. The maximum absolute atomic E-state index is 12.6. The molecular weight excluding hydrogens is 504 g/mol. The Bertz CT molecular complexity index is 1420. The van der Waals surface area contributed by atoms with Crippen LogP contribution in [0.4, 0.5) is 5.69 Å². The third kappa shape index (κ3) is 5.89. The lowest BCUT2D eigenvalue weighted by atomic mass is 10.1. The first-order valence-electron chi connectivity index (χ1n) is 11.1. The first kappa shape index (κ1) is 24.1. The standard InChI is InChI=1S/C29H23BrN2O3/c1-2-34-27-16-22(15-23(18-31)29(33)32-24-12-4-3-5-13-24)26(30)17-28(27)35-19-21-11-8-10-20-9-6-7-14-25(20)21/h3-17H,2,19H2,1H3,(H,32,33)/b23-15+. The molecule has 0 aliphatic heterocycles.